The van der Waals surface area contributed by atoms with E-state index in [1.165, 1.54) is 19.1 Å². The van der Waals surface area contributed by atoms with Gasteiger partial charge >= 0.3 is 5.97 Å². The lowest BCUT2D eigenvalue weighted by atomic mass is 9.81. The summed E-state index contributed by atoms with van der Waals surface area (Å²) < 4.78 is 40.4. The molecule has 4 rings (SSSR count). The number of rotatable bonds is 27. The second-order valence-electron chi connectivity index (χ2n) is 19.6. The van der Waals surface area contributed by atoms with Crippen LogP contribution in [0.1, 0.15) is 118 Å². The zero-order valence-electron chi connectivity index (χ0n) is 41.3. The van der Waals surface area contributed by atoms with Gasteiger partial charge in [-0.15, -0.1) is 6.58 Å². The minimum atomic E-state index is -2.44. The standard InChI is InChI=1S/C51H81NO15/c1-10-14-37(40(55)29-39(54)35(6)46(56)33(4)26-36-16-17-41(43(28-36)61-7)64-20-13-21-65-42-18-22-66-50(42)59)24-31(2)23-32(3)25-44(62-8)47-45(63-9)27-34(5)51(60,67-47)48(57)49(58)52-19-12-11-15-38(52)30-53/h10,24,26,30,32,34-39,41-47,54,56,60H,1,11-23,25,27-29H2,2-9H3/b31-24+,33-26+/t32-,34+,35+,36-,37+,38-,39-,41+,42?,43+,44-,45-,46+,47?,51+/m0/s1. The molecule has 0 spiro atoms. The SMILES string of the molecule is C=CC[C@H](/C=C(\C)C[C@H](C)C[C@H](OC)C1O[C@@](O)(C(=O)C(=O)N2CCCC[C@H]2C=O)[C@H](C)C[C@@H]1OC)C(=O)C[C@H](O)[C@@H](C)[C@H](O)/C(C)=C/[C@@H]1CC[C@@H](OCCCOC2CCOC2=O)[C@H](OC)C1. The molecule has 0 bridgehead atoms. The largest absolute Gasteiger partial charge is 0.464 e. The topological polar surface area (TPSA) is 214 Å². The van der Waals surface area contributed by atoms with Crippen molar-refractivity contribution in [3.8, 4) is 0 Å². The van der Waals surface area contributed by atoms with Crippen molar-refractivity contribution in [1.29, 1.82) is 0 Å². The Labute approximate surface area is 398 Å². The van der Waals surface area contributed by atoms with Gasteiger partial charge in [0.2, 0.25) is 5.79 Å². The van der Waals surface area contributed by atoms with Crippen LogP contribution < -0.4 is 0 Å². The number of cyclic esters (lactones) is 1. The summed E-state index contributed by atoms with van der Waals surface area (Å²) in [7, 11) is 4.70. The molecular weight excluding hydrogens is 867 g/mol. The molecule has 4 fully saturated rings. The number of methoxy groups -OCH3 is 3. The quantitative estimate of drug-likeness (QED) is 0.0324. The summed E-state index contributed by atoms with van der Waals surface area (Å²) in [5, 5.41) is 34.4. The Balaban J connectivity index is 1.30. The maximum atomic E-state index is 13.7. The van der Waals surface area contributed by atoms with Crippen LogP contribution >= 0.6 is 0 Å². The number of carbonyl (C=O) groups excluding carboxylic acids is 5. The van der Waals surface area contributed by atoms with E-state index in [-0.39, 0.29) is 55.2 Å². The molecule has 1 aliphatic carbocycles. The summed E-state index contributed by atoms with van der Waals surface area (Å²) in [6.07, 6.45) is 8.30. The van der Waals surface area contributed by atoms with Crippen LogP contribution in [0.5, 0.6) is 0 Å². The Morgan fingerprint density at radius 1 is 0.955 bits per heavy atom. The second-order valence-corrected chi connectivity index (χ2v) is 19.6. The van der Waals surface area contributed by atoms with Gasteiger partial charge in [-0.2, -0.15) is 0 Å². The van der Waals surface area contributed by atoms with E-state index in [4.69, 9.17) is 33.2 Å². The molecule has 1 saturated carbocycles. The summed E-state index contributed by atoms with van der Waals surface area (Å²) in [4.78, 5) is 65.5. The van der Waals surface area contributed by atoms with E-state index in [1.54, 1.807) is 27.0 Å². The Morgan fingerprint density at radius 3 is 2.31 bits per heavy atom. The number of aldehydes is 1. The van der Waals surface area contributed by atoms with E-state index >= 15 is 0 Å². The van der Waals surface area contributed by atoms with E-state index in [0.29, 0.717) is 77.5 Å². The van der Waals surface area contributed by atoms with Crippen molar-refractivity contribution in [2.75, 3.05) is 47.7 Å². The highest BCUT2D eigenvalue weighted by molar-refractivity contribution is 6.39. The molecule has 3 saturated heterocycles. The lowest BCUT2D eigenvalue weighted by molar-refractivity contribution is -0.302. The van der Waals surface area contributed by atoms with Crippen LogP contribution in [0.2, 0.25) is 0 Å². The van der Waals surface area contributed by atoms with Crippen molar-refractivity contribution < 1.29 is 72.5 Å². The lowest BCUT2D eigenvalue weighted by Gasteiger charge is -2.47. The number of ether oxygens (including phenoxy) is 7. The van der Waals surface area contributed by atoms with E-state index in [9.17, 15) is 39.3 Å². The molecule has 380 valence electrons. The Hall–Kier alpha value is -3.19. The van der Waals surface area contributed by atoms with E-state index in [2.05, 4.69) is 6.58 Å². The first-order valence-electron chi connectivity index (χ1n) is 24.5. The van der Waals surface area contributed by atoms with E-state index in [0.717, 1.165) is 30.4 Å². The van der Waals surface area contributed by atoms with Crippen molar-refractivity contribution >= 4 is 29.7 Å². The van der Waals surface area contributed by atoms with Gasteiger partial charge in [-0.3, -0.25) is 14.4 Å². The van der Waals surface area contributed by atoms with Crippen molar-refractivity contribution in [1.82, 2.24) is 4.90 Å². The predicted molar refractivity (Wildman–Crippen MR) is 248 cm³/mol. The van der Waals surface area contributed by atoms with Gasteiger partial charge in [-0.25, -0.2) is 4.79 Å². The number of aliphatic hydroxyl groups excluding tert-OH is 2. The Morgan fingerprint density at radius 2 is 1.67 bits per heavy atom. The number of nitrogens with zero attached hydrogens (tertiary/aromatic N) is 1. The summed E-state index contributed by atoms with van der Waals surface area (Å²) in [6, 6.07) is -0.732. The van der Waals surface area contributed by atoms with Crippen LogP contribution in [0, 0.1) is 29.6 Å². The van der Waals surface area contributed by atoms with Gasteiger partial charge in [0.15, 0.2) is 6.10 Å². The molecule has 67 heavy (non-hydrogen) atoms. The van der Waals surface area contributed by atoms with Gasteiger partial charge in [-0.05, 0) is 102 Å². The molecule has 16 nitrogen and oxygen atoms in total. The molecule has 2 unspecified atom stereocenters. The summed E-state index contributed by atoms with van der Waals surface area (Å²) in [6.45, 7) is 14.6. The molecule has 3 aliphatic heterocycles. The summed E-state index contributed by atoms with van der Waals surface area (Å²) >= 11 is 0. The number of esters is 1. The van der Waals surface area contributed by atoms with Crippen molar-refractivity contribution in [2.24, 2.45) is 29.6 Å². The molecule has 1 amide bonds. The summed E-state index contributed by atoms with van der Waals surface area (Å²) in [5.41, 5.74) is 1.66. The molecule has 0 aromatic carbocycles. The predicted octanol–water partition coefficient (Wildman–Crippen LogP) is 5.02. The van der Waals surface area contributed by atoms with Gasteiger partial charge in [0.25, 0.3) is 11.7 Å². The normalized spacial score (nSPS) is 31.3. The number of aliphatic hydroxyl groups is 3. The minimum absolute atomic E-state index is 0.0260. The molecule has 0 radical (unpaired) electrons. The van der Waals surface area contributed by atoms with E-state index < -0.39 is 77.9 Å². The molecule has 15 atom stereocenters. The molecule has 3 N–H and O–H groups in total. The third-order valence-corrected chi connectivity index (χ3v) is 14.4. The zero-order valence-corrected chi connectivity index (χ0v) is 41.3. The minimum Gasteiger partial charge on any atom is -0.464 e. The monoisotopic (exact) mass is 948 g/mol. The Bertz CT molecular complexity index is 1700. The molecule has 0 aromatic rings. The maximum Gasteiger partial charge on any atom is 0.335 e. The van der Waals surface area contributed by atoms with Crippen LogP contribution in [0.3, 0.4) is 0 Å². The third-order valence-electron chi connectivity index (χ3n) is 14.4. The average molecular weight is 948 g/mol. The van der Waals surface area contributed by atoms with Gasteiger partial charge in [-0.1, -0.05) is 44.6 Å². The van der Waals surface area contributed by atoms with Crippen LogP contribution in [0.4, 0.5) is 0 Å². The molecule has 4 aliphatic rings. The number of hydrogen-bond acceptors (Lipinski definition) is 15. The van der Waals surface area contributed by atoms with E-state index in [1.807, 2.05) is 32.9 Å². The lowest BCUT2D eigenvalue weighted by Crippen LogP contribution is -2.64. The fourth-order valence-electron chi connectivity index (χ4n) is 10.3. The first-order chi connectivity index (χ1) is 31.9. The Kier molecular flexibility index (Phi) is 23.0. The molecule has 3 heterocycles. The van der Waals surface area contributed by atoms with Crippen molar-refractivity contribution in [3.63, 3.8) is 0 Å². The number of allylic oxidation sites excluding steroid dienone is 4. The fourth-order valence-corrected chi connectivity index (χ4v) is 10.3. The number of carbonyl (C=O) groups is 5. The van der Waals surface area contributed by atoms with Gasteiger partial charge in [0.1, 0.15) is 18.2 Å². The van der Waals surface area contributed by atoms with Crippen LogP contribution in [0.25, 0.3) is 0 Å². The molecule has 0 aromatic heterocycles. The summed E-state index contributed by atoms with van der Waals surface area (Å²) in [5.74, 6) is -6.80. The average Bonchev–Trinajstić information content (AvgIpc) is 3.73. The highest BCUT2D eigenvalue weighted by Gasteiger charge is 2.56. The maximum absolute atomic E-state index is 13.7. The van der Waals surface area contributed by atoms with Crippen LogP contribution in [-0.4, -0.2) is 158 Å². The highest BCUT2D eigenvalue weighted by atomic mass is 16.7. The third kappa shape index (κ3) is 15.4. The first kappa shape index (κ1) is 56.4. The number of hydrogen-bond donors (Lipinski definition) is 3. The number of ketones is 2. The van der Waals surface area contributed by atoms with Gasteiger partial charge in [0.05, 0.1) is 49.3 Å². The van der Waals surface area contributed by atoms with Crippen molar-refractivity contribution in [2.45, 2.75) is 179 Å². The van der Waals surface area contributed by atoms with Crippen molar-refractivity contribution in [3.05, 3.63) is 36.0 Å². The smallest absolute Gasteiger partial charge is 0.335 e. The highest BCUT2D eigenvalue weighted by Crippen LogP contribution is 2.39. The zero-order chi connectivity index (χ0) is 49.4. The fraction of sp³-hybridized carbons (Fsp3) is 0.784. The van der Waals surface area contributed by atoms with Gasteiger partial charge < -0.3 is 58.2 Å². The number of piperidine rings is 1. The van der Waals surface area contributed by atoms with Crippen LogP contribution in [0.15, 0.2) is 36.0 Å². The number of amides is 1. The number of likely N-dealkylation sites (tertiary alicyclic amines) is 1. The second kappa shape index (κ2) is 27.3. The van der Waals surface area contributed by atoms with Crippen LogP contribution in [-0.2, 0) is 57.1 Å². The number of Topliss-reactive ketones (excluding diaryl/α,β-unsaturated/α-hetero) is 2. The van der Waals surface area contributed by atoms with Gasteiger partial charge in [0, 0.05) is 71.7 Å². The molecular formula is C51H81NO15. The first-order valence-corrected chi connectivity index (χ1v) is 24.5. The molecule has 16 heteroatoms.